The number of ether oxygens (including phenoxy) is 2. The maximum absolute atomic E-state index is 13.2. The molecule has 0 saturated carbocycles. The summed E-state index contributed by atoms with van der Waals surface area (Å²) in [7, 11) is -0.794. The van der Waals surface area contributed by atoms with Crippen molar-refractivity contribution >= 4 is 53.4 Å². The van der Waals surface area contributed by atoms with E-state index in [1.807, 2.05) is 35.2 Å². The van der Waals surface area contributed by atoms with Crippen LogP contribution in [-0.4, -0.2) is 127 Å². The molecule has 1 atom stereocenters. The Labute approximate surface area is 373 Å². The van der Waals surface area contributed by atoms with E-state index in [-0.39, 0.29) is 30.7 Å². The fourth-order valence-corrected chi connectivity index (χ4v) is 10.8. The van der Waals surface area contributed by atoms with E-state index in [1.165, 1.54) is 4.90 Å². The number of rotatable bonds is 14. The van der Waals surface area contributed by atoms with Gasteiger partial charge in [-0.05, 0) is 62.8 Å². The minimum atomic E-state index is -2.48. The Kier molecular flexibility index (Phi) is 13.5. The molecule has 1 N–H and O–H groups in total. The van der Waals surface area contributed by atoms with Crippen LogP contribution in [0, 0.1) is 0 Å². The Bertz CT molecular complexity index is 2430. The number of aromatic nitrogens is 2. The third-order valence-corrected chi connectivity index (χ3v) is 14.7. The molecule has 0 radical (unpaired) electrons. The van der Waals surface area contributed by atoms with Gasteiger partial charge in [0.25, 0.3) is 5.91 Å². The molecule has 1 aromatic heterocycles. The van der Waals surface area contributed by atoms with Crippen molar-refractivity contribution in [3.63, 3.8) is 0 Å². The molecule has 63 heavy (non-hydrogen) atoms. The first-order chi connectivity index (χ1) is 30.4. The number of hydrogen-bond acceptors (Lipinski definition) is 11. The SMILES string of the molecule is COc1cc(N2CCC(N3CCN(C(=O)CCCOc4cccc5c4CN(C4CCC(=O)NC4=O)C5=O)CC3)CC2)ccc1Cc1ncc(Cl)c(Cc2ccccc2P(C)(C)=O)n1. The fraction of sp³-hybridized carbons (Fsp3) is 0.447. The van der Waals surface area contributed by atoms with Crippen molar-refractivity contribution in [1.29, 1.82) is 0 Å². The molecule has 4 aliphatic rings. The van der Waals surface area contributed by atoms with Crippen LogP contribution in [0.5, 0.6) is 11.5 Å². The number of imide groups is 1. The zero-order chi connectivity index (χ0) is 44.3. The molecule has 332 valence electrons. The van der Waals surface area contributed by atoms with E-state index in [1.54, 1.807) is 38.8 Å². The van der Waals surface area contributed by atoms with Crippen molar-refractivity contribution in [2.24, 2.45) is 0 Å². The van der Waals surface area contributed by atoms with Crippen LogP contribution in [0.25, 0.3) is 0 Å². The number of piperazine rings is 1. The van der Waals surface area contributed by atoms with E-state index in [0.717, 1.165) is 72.5 Å². The average molecular weight is 896 g/mol. The largest absolute Gasteiger partial charge is 0.496 e. The summed E-state index contributed by atoms with van der Waals surface area (Å²) in [6, 6.07) is 19.2. The average Bonchev–Trinajstić information content (AvgIpc) is 3.62. The van der Waals surface area contributed by atoms with Crippen LogP contribution in [-0.2, 0) is 38.3 Å². The monoisotopic (exact) mass is 895 g/mol. The lowest BCUT2D eigenvalue weighted by atomic mass is 10.0. The molecule has 0 aliphatic carbocycles. The van der Waals surface area contributed by atoms with Gasteiger partial charge in [-0.1, -0.05) is 48.0 Å². The quantitative estimate of drug-likeness (QED) is 0.0997. The highest BCUT2D eigenvalue weighted by Gasteiger charge is 2.40. The number of carbonyl (C=O) groups is 4. The van der Waals surface area contributed by atoms with Crippen molar-refractivity contribution in [3.05, 3.63) is 106 Å². The van der Waals surface area contributed by atoms with Gasteiger partial charge in [-0.25, -0.2) is 9.97 Å². The number of fused-ring (bicyclic) bond motifs is 1. The highest BCUT2D eigenvalue weighted by atomic mass is 35.5. The van der Waals surface area contributed by atoms with Gasteiger partial charge in [0.05, 0.1) is 31.0 Å². The second kappa shape index (κ2) is 19.2. The summed E-state index contributed by atoms with van der Waals surface area (Å²) < 4.78 is 24.9. The lowest BCUT2D eigenvalue weighted by molar-refractivity contribution is -0.137. The summed E-state index contributed by atoms with van der Waals surface area (Å²) in [6.45, 7) is 9.09. The molecular formula is C47H55ClN7O7P. The first kappa shape index (κ1) is 44.3. The van der Waals surface area contributed by atoms with Gasteiger partial charge >= 0.3 is 0 Å². The second-order valence-corrected chi connectivity index (χ2v) is 20.8. The van der Waals surface area contributed by atoms with Crippen LogP contribution < -0.4 is 25.0 Å². The zero-order valence-electron chi connectivity index (χ0n) is 36.2. The predicted octanol–water partition coefficient (Wildman–Crippen LogP) is 5.30. The van der Waals surface area contributed by atoms with Crippen LogP contribution in [0.2, 0.25) is 5.02 Å². The Balaban J connectivity index is 0.776. The standard InChI is InChI=1S/C47H55ClN7O7P/c1-61-41-28-34(14-13-31(41)27-43-49-29-37(48)38(50-43)26-32-8-4-5-11-42(32)63(2,3)60)52-19-17-33(18-20-52)53-21-23-54(24-22-53)45(57)12-7-25-62-40-10-6-9-35-36(40)30-55(47(35)59)39-15-16-44(56)51-46(39)58/h4-6,8-11,13-14,28-29,33,39H,7,12,15-27,30H2,1-3H3,(H,51,56,58). The molecular weight excluding hydrogens is 841 g/mol. The minimum absolute atomic E-state index is 0.123. The molecule has 3 saturated heterocycles. The van der Waals surface area contributed by atoms with Crippen molar-refractivity contribution in [2.45, 2.75) is 70.0 Å². The molecule has 1 unspecified atom stereocenters. The fourth-order valence-electron chi connectivity index (χ4n) is 9.35. The molecule has 14 nitrogen and oxygen atoms in total. The molecule has 8 rings (SSSR count). The van der Waals surface area contributed by atoms with Gasteiger partial charge in [-0.3, -0.25) is 29.4 Å². The third kappa shape index (κ3) is 10.1. The number of halogens is 1. The number of carbonyl (C=O) groups excluding carboxylic acids is 4. The third-order valence-electron chi connectivity index (χ3n) is 12.8. The number of hydrogen-bond donors (Lipinski definition) is 1. The first-order valence-electron chi connectivity index (χ1n) is 21.8. The number of methoxy groups -OCH3 is 1. The maximum atomic E-state index is 13.2. The lowest BCUT2D eigenvalue weighted by Crippen LogP contribution is -2.54. The minimum Gasteiger partial charge on any atom is -0.496 e. The van der Waals surface area contributed by atoms with E-state index < -0.39 is 19.1 Å². The highest BCUT2D eigenvalue weighted by molar-refractivity contribution is 7.70. The van der Waals surface area contributed by atoms with Crippen molar-refractivity contribution in [1.82, 2.24) is 30.0 Å². The molecule has 0 bridgehead atoms. The normalized spacial score (nSPS) is 18.7. The molecule has 5 heterocycles. The summed E-state index contributed by atoms with van der Waals surface area (Å²) in [4.78, 5) is 68.3. The molecule has 3 aromatic carbocycles. The summed E-state index contributed by atoms with van der Waals surface area (Å²) in [5, 5.41) is 3.66. The topological polar surface area (TPSA) is 155 Å². The highest BCUT2D eigenvalue weighted by Crippen LogP contribution is 2.37. The van der Waals surface area contributed by atoms with Crippen molar-refractivity contribution in [2.75, 3.05) is 71.2 Å². The summed E-state index contributed by atoms with van der Waals surface area (Å²) in [6.07, 6.45) is 6.09. The molecule has 3 fully saturated rings. The van der Waals surface area contributed by atoms with Crippen LogP contribution >= 0.6 is 18.7 Å². The van der Waals surface area contributed by atoms with E-state index in [0.29, 0.717) is 85.7 Å². The summed E-state index contributed by atoms with van der Waals surface area (Å²) >= 11 is 6.57. The van der Waals surface area contributed by atoms with Crippen molar-refractivity contribution in [3.8, 4) is 11.5 Å². The number of piperidine rings is 2. The van der Waals surface area contributed by atoms with E-state index in [9.17, 15) is 23.7 Å². The van der Waals surface area contributed by atoms with Gasteiger partial charge < -0.3 is 28.7 Å². The maximum Gasteiger partial charge on any atom is 0.255 e. The van der Waals surface area contributed by atoms with Crippen molar-refractivity contribution < 1.29 is 33.2 Å². The zero-order valence-corrected chi connectivity index (χ0v) is 37.8. The Morgan fingerprint density at radius 2 is 1.68 bits per heavy atom. The van der Waals surface area contributed by atoms with E-state index in [2.05, 4.69) is 38.3 Å². The Morgan fingerprint density at radius 1 is 0.905 bits per heavy atom. The molecule has 16 heteroatoms. The molecule has 4 aromatic rings. The number of benzene rings is 3. The van der Waals surface area contributed by atoms with Gasteiger partial charge in [0, 0.05) is 111 Å². The van der Waals surface area contributed by atoms with E-state index in [4.69, 9.17) is 26.1 Å². The van der Waals surface area contributed by atoms with Crippen LogP contribution in [0.4, 0.5) is 5.69 Å². The van der Waals surface area contributed by atoms with Crippen LogP contribution in [0.1, 0.15) is 77.1 Å². The molecule has 0 spiro atoms. The van der Waals surface area contributed by atoms with Crippen LogP contribution in [0.3, 0.4) is 0 Å². The van der Waals surface area contributed by atoms with Gasteiger partial charge in [0.2, 0.25) is 17.7 Å². The number of nitrogens with zero attached hydrogens (tertiary/aromatic N) is 6. The van der Waals surface area contributed by atoms with Gasteiger partial charge in [-0.15, -0.1) is 0 Å². The predicted molar refractivity (Wildman–Crippen MR) is 242 cm³/mol. The smallest absolute Gasteiger partial charge is 0.255 e. The number of amides is 4. The Hall–Kier alpha value is -5.30. The van der Waals surface area contributed by atoms with Crippen LogP contribution in [0.15, 0.2) is 66.9 Å². The first-order valence-corrected chi connectivity index (χ1v) is 24.8. The Morgan fingerprint density at radius 3 is 2.43 bits per heavy atom. The van der Waals surface area contributed by atoms with Gasteiger partial charge in [0.15, 0.2) is 0 Å². The lowest BCUT2D eigenvalue weighted by Gasteiger charge is -2.43. The van der Waals surface area contributed by atoms with Gasteiger partial charge in [0.1, 0.15) is 30.5 Å². The second-order valence-electron chi connectivity index (χ2n) is 17.2. The number of nitrogens with one attached hydrogen (secondary N) is 1. The summed E-state index contributed by atoms with van der Waals surface area (Å²) in [5.41, 5.74) is 4.99. The van der Waals surface area contributed by atoms with Gasteiger partial charge in [-0.2, -0.15) is 0 Å². The summed E-state index contributed by atoms with van der Waals surface area (Å²) in [5.74, 6) is 1.12. The molecule has 4 aliphatic heterocycles. The van der Waals surface area contributed by atoms with E-state index >= 15 is 0 Å². The number of anilines is 1. The molecule has 4 amide bonds.